The smallest absolute Gasteiger partial charge is 0.319 e. The number of amides is 2. The van der Waals surface area contributed by atoms with Crippen molar-refractivity contribution in [3.63, 3.8) is 0 Å². The van der Waals surface area contributed by atoms with Gasteiger partial charge in [-0.25, -0.2) is 4.79 Å². The summed E-state index contributed by atoms with van der Waals surface area (Å²) < 4.78 is 16.2. The Balaban J connectivity index is 2.08. The maximum atomic E-state index is 12.3. The Hall–Kier alpha value is -2.44. The Morgan fingerprint density at radius 2 is 1.85 bits per heavy atom. The van der Waals surface area contributed by atoms with Crippen molar-refractivity contribution >= 4 is 23.3 Å². The number of halogens is 1. The second kappa shape index (κ2) is 8.78. The molecule has 0 saturated heterocycles. The second-order valence-corrected chi connectivity index (χ2v) is 6.23. The molecule has 1 unspecified atom stereocenters. The molecule has 2 amide bonds. The van der Waals surface area contributed by atoms with Crippen LogP contribution in [0, 0.1) is 0 Å². The number of para-hydroxylation sites is 1. The van der Waals surface area contributed by atoms with Crippen LogP contribution in [0.3, 0.4) is 0 Å². The van der Waals surface area contributed by atoms with Crippen LogP contribution in [0.2, 0.25) is 5.02 Å². The van der Waals surface area contributed by atoms with Crippen LogP contribution in [0.5, 0.6) is 11.5 Å². The number of benzene rings is 2. The van der Waals surface area contributed by atoms with Crippen LogP contribution in [0.15, 0.2) is 42.5 Å². The summed E-state index contributed by atoms with van der Waals surface area (Å²) in [5, 5.41) is 6.18. The fraction of sp³-hybridized carbons (Fsp3) is 0.316. The average Bonchev–Trinajstić information content (AvgIpc) is 2.65. The third kappa shape index (κ3) is 4.59. The average molecular weight is 379 g/mol. The van der Waals surface area contributed by atoms with Crippen molar-refractivity contribution in [2.45, 2.75) is 12.5 Å². The number of anilines is 1. The number of rotatable bonds is 7. The summed E-state index contributed by atoms with van der Waals surface area (Å²) in [7, 11) is 4.64. The van der Waals surface area contributed by atoms with Crippen LogP contribution >= 0.6 is 11.6 Å². The number of urea groups is 1. The summed E-state index contributed by atoms with van der Waals surface area (Å²) in [6.07, 6.45) is 0. The SMILES string of the molecule is COc1cccc(NC(=O)NCC(C)(OC)c2cccc(Cl)c2)c1OC. The topological polar surface area (TPSA) is 68.8 Å². The molecule has 0 fully saturated rings. The highest BCUT2D eigenvalue weighted by atomic mass is 35.5. The van der Waals surface area contributed by atoms with E-state index in [4.69, 9.17) is 25.8 Å². The lowest BCUT2D eigenvalue weighted by Crippen LogP contribution is -2.41. The molecule has 0 aromatic heterocycles. The molecule has 2 aromatic rings. The number of methoxy groups -OCH3 is 3. The molecule has 2 rings (SSSR count). The quantitative estimate of drug-likeness (QED) is 0.762. The van der Waals surface area contributed by atoms with Gasteiger partial charge in [0.15, 0.2) is 11.5 Å². The number of ether oxygens (including phenoxy) is 3. The molecule has 0 heterocycles. The molecule has 2 N–H and O–H groups in total. The maximum Gasteiger partial charge on any atom is 0.319 e. The Morgan fingerprint density at radius 1 is 1.12 bits per heavy atom. The summed E-state index contributed by atoms with van der Waals surface area (Å²) in [6, 6.07) is 12.2. The van der Waals surface area contributed by atoms with Crippen LogP contribution in [0.25, 0.3) is 0 Å². The summed E-state index contributed by atoms with van der Waals surface area (Å²) in [5.41, 5.74) is 0.652. The summed E-state index contributed by atoms with van der Waals surface area (Å²) in [4.78, 5) is 12.3. The number of hydrogen-bond acceptors (Lipinski definition) is 4. The zero-order chi connectivity index (χ0) is 19.2. The van der Waals surface area contributed by atoms with E-state index >= 15 is 0 Å². The van der Waals surface area contributed by atoms with Crippen LogP contribution in [0.4, 0.5) is 10.5 Å². The molecule has 140 valence electrons. The largest absolute Gasteiger partial charge is 0.493 e. The number of hydrogen-bond donors (Lipinski definition) is 2. The molecule has 6 nitrogen and oxygen atoms in total. The van der Waals surface area contributed by atoms with Gasteiger partial charge in [0.25, 0.3) is 0 Å². The first kappa shape index (κ1) is 19.9. The molecule has 0 aliphatic carbocycles. The van der Waals surface area contributed by atoms with Gasteiger partial charge in [-0.1, -0.05) is 29.8 Å². The molecule has 0 aliphatic heterocycles. The number of carbonyl (C=O) groups is 1. The minimum absolute atomic E-state index is 0.252. The monoisotopic (exact) mass is 378 g/mol. The molecule has 7 heteroatoms. The maximum absolute atomic E-state index is 12.3. The van der Waals surface area contributed by atoms with E-state index in [1.807, 2.05) is 25.1 Å². The fourth-order valence-electron chi connectivity index (χ4n) is 2.51. The first-order valence-corrected chi connectivity index (χ1v) is 8.38. The third-order valence-electron chi connectivity index (χ3n) is 4.12. The molecule has 0 saturated carbocycles. The van der Waals surface area contributed by atoms with E-state index < -0.39 is 5.60 Å². The normalized spacial score (nSPS) is 12.8. The Morgan fingerprint density at radius 3 is 2.46 bits per heavy atom. The van der Waals surface area contributed by atoms with Crippen molar-refractivity contribution in [1.29, 1.82) is 0 Å². The fourth-order valence-corrected chi connectivity index (χ4v) is 2.70. The Bertz CT molecular complexity index is 769. The van der Waals surface area contributed by atoms with Crippen molar-refractivity contribution in [1.82, 2.24) is 5.32 Å². The van der Waals surface area contributed by atoms with Crippen LogP contribution in [0.1, 0.15) is 12.5 Å². The van der Waals surface area contributed by atoms with Gasteiger partial charge in [-0.05, 0) is 36.8 Å². The predicted molar refractivity (Wildman–Crippen MR) is 102 cm³/mol. The van der Waals surface area contributed by atoms with Crippen LogP contribution in [-0.4, -0.2) is 33.9 Å². The van der Waals surface area contributed by atoms with E-state index in [1.54, 1.807) is 31.4 Å². The molecule has 0 aliphatic rings. The van der Waals surface area contributed by atoms with E-state index in [0.29, 0.717) is 22.2 Å². The van der Waals surface area contributed by atoms with Gasteiger partial charge in [0.05, 0.1) is 26.5 Å². The first-order chi connectivity index (χ1) is 12.4. The highest BCUT2D eigenvalue weighted by molar-refractivity contribution is 6.30. The zero-order valence-corrected chi connectivity index (χ0v) is 16.0. The molecule has 2 aromatic carbocycles. The van der Waals surface area contributed by atoms with E-state index in [-0.39, 0.29) is 12.6 Å². The lowest BCUT2D eigenvalue weighted by molar-refractivity contribution is 0.00521. The minimum atomic E-state index is -0.722. The van der Waals surface area contributed by atoms with E-state index in [2.05, 4.69) is 10.6 Å². The van der Waals surface area contributed by atoms with Crippen molar-refractivity contribution in [2.75, 3.05) is 33.2 Å². The molecule has 0 spiro atoms. The number of nitrogens with one attached hydrogen (secondary N) is 2. The minimum Gasteiger partial charge on any atom is -0.493 e. The Labute approximate surface area is 158 Å². The van der Waals surface area contributed by atoms with Crippen molar-refractivity contribution in [2.24, 2.45) is 0 Å². The van der Waals surface area contributed by atoms with E-state index in [1.165, 1.54) is 14.2 Å². The lowest BCUT2D eigenvalue weighted by Gasteiger charge is -2.29. The lowest BCUT2D eigenvalue weighted by atomic mass is 9.96. The van der Waals surface area contributed by atoms with E-state index in [9.17, 15) is 4.79 Å². The van der Waals surface area contributed by atoms with Gasteiger partial charge in [-0.15, -0.1) is 0 Å². The molecular weight excluding hydrogens is 356 g/mol. The molecule has 26 heavy (non-hydrogen) atoms. The summed E-state index contributed by atoms with van der Waals surface area (Å²) >= 11 is 6.06. The van der Waals surface area contributed by atoms with Gasteiger partial charge < -0.3 is 24.8 Å². The van der Waals surface area contributed by atoms with Gasteiger partial charge in [-0.2, -0.15) is 0 Å². The standard InChI is InChI=1S/C19H23ClN2O4/c1-19(26-4,13-7-5-8-14(20)11-13)12-21-18(23)22-15-9-6-10-16(24-2)17(15)25-3/h5-11H,12H2,1-4H3,(H2,21,22,23). The summed E-state index contributed by atoms with van der Waals surface area (Å²) in [6.45, 7) is 2.13. The van der Waals surface area contributed by atoms with Crippen LogP contribution in [-0.2, 0) is 10.3 Å². The Kier molecular flexibility index (Phi) is 6.71. The van der Waals surface area contributed by atoms with Crippen molar-refractivity contribution < 1.29 is 19.0 Å². The molecule has 0 bridgehead atoms. The first-order valence-electron chi connectivity index (χ1n) is 8.00. The second-order valence-electron chi connectivity index (χ2n) is 5.79. The van der Waals surface area contributed by atoms with Gasteiger partial charge in [0.2, 0.25) is 0 Å². The highest BCUT2D eigenvalue weighted by Gasteiger charge is 2.27. The molecule has 0 radical (unpaired) electrons. The van der Waals surface area contributed by atoms with Gasteiger partial charge in [0, 0.05) is 12.1 Å². The third-order valence-corrected chi connectivity index (χ3v) is 4.36. The molecule has 1 atom stereocenters. The predicted octanol–water partition coefficient (Wildman–Crippen LogP) is 4.04. The van der Waals surface area contributed by atoms with Gasteiger partial charge in [-0.3, -0.25) is 0 Å². The van der Waals surface area contributed by atoms with Crippen LogP contribution < -0.4 is 20.1 Å². The van der Waals surface area contributed by atoms with E-state index in [0.717, 1.165) is 5.56 Å². The highest BCUT2D eigenvalue weighted by Crippen LogP contribution is 2.34. The number of carbonyl (C=O) groups excluding carboxylic acids is 1. The van der Waals surface area contributed by atoms with Crippen molar-refractivity contribution in [3.8, 4) is 11.5 Å². The summed E-state index contributed by atoms with van der Waals surface area (Å²) in [5.74, 6) is 0.987. The molecular formula is C19H23ClN2O4. The van der Waals surface area contributed by atoms with Gasteiger partial charge >= 0.3 is 6.03 Å². The van der Waals surface area contributed by atoms with Crippen molar-refractivity contribution in [3.05, 3.63) is 53.1 Å². The van der Waals surface area contributed by atoms with Gasteiger partial charge in [0.1, 0.15) is 5.60 Å². The zero-order valence-electron chi connectivity index (χ0n) is 15.3.